The summed E-state index contributed by atoms with van der Waals surface area (Å²) in [5.41, 5.74) is 0.794. The molecule has 20 heavy (non-hydrogen) atoms. The molecule has 1 saturated heterocycles. The number of ether oxygens (including phenoxy) is 1. The quantitative estimate of drug-likeness (QED) is 0.749. The van der Waals surface area contributed by atoms with Crippen molar-refractivity contribution in [1.29, 1.82) is 0 Å². The molecule has 112 valence electrons. The van der Waals surface area contributed by atoms with Gasteiger partial charge in [-0.15, -0.1) is 11.3 Å². The molecule has 6 heteroatoms. The molecule has 2 heterocycles. The molecule has 0 radical (unpaired) electrons. The lowest BCUT2D eigenvalue weighted by Crippen LogP contribution is -2.38. The van der Waals surface area contributed by atoms with Gasteiger partial charge in [0, 0.05) is 25.0 Å². The number of rotatable bonds is 6. The SMILES string of the molecule is CCN1CCCC1CN(C)c1nc(CC(=O)OC)cs1. The van der Waals surface area contributed by atoms with Gasteiger partial charge < -0.3 is 9.64 Å². The van der Waals surface area contributed by atoms with Gasteiger partial charge in [0.1, 0.15) is 0 Å². The van der Waals surface area contributed by atoms with Gasteiger partial charge in [-0.2, -0.15) is 0 Å². The molecule has 0 aliphatic carbocycles. The molecular weight excluding hydrogens is 274 g/mol. The summed E-state index contributed by atoms with van der Waals surface area (Å²) < 4.78 is 4.67. The van der Waals surface area contributed by atoms with Gasteiger partial charge in [0.15, 0.2) is 5.13 Å². The molecule has 0 amide bonds. The minimum absolute atomic E-state index is 0.238. The van der Waals surface area contributed by atoms with Crippen LogP contribution < -0.4 is 4.90 Å². The number of nitrogens with zero attached hydrogens (tertiary/aromatic N) is 3. The van der Waals surface area contributed by atoms with E-state index in [1.54, 1.807) is 11.3 Å². The lowest BCUT2D eigenvalue weighted by atomic mass is 10.2. The lowest BCUT2D eigenvalue weighted by Gasteiger charge is -2.27. The van der Waals surface area contributed by atoms with Crippen molar-refractivity contribution in [1.82, 2.24) is 9.88 Å². The van der Waals surface area contributed by atoms with Crippen molar-refractivity contribution in [2.45, 2.75) is 32.2 Å². The molecule has 1 aromatic heterocycles. The van der Waals surface area contributed by atoms with Crippen LogP contribution >= 0.6 is 11.3 Å². The number of hydrogen-bond donors (Lipinski definition) is 0. The first kappa shape index (κ1) is 15.3. The maximum Gasteiger partial charge on any atom is 0.311 e. The highest BCUT2D eigenvalue weighted by molar-refractivity contribution is 7.13. The number of likely N-dealkylation sites (tertiary alicyclic amines) is 1. The number of esters is 1. The molecule has 0 bridgehead atoms. The van der Waals surface area contributed by atoms with E-state index in [0.717, 1.165) is 23.9 Å². The molecule has 0 spiro atoms. The van der Waals surface area contributed by atoms with Crippen LogP contribution in [0.25, 0.3) is 0 Å². The van der Waals surface area contributed by atoms with Gasteiger partial charge in [-0.1, -0.05) is 6.92 Å². The van der Waals surface area contributed by atoms with Crippen molar-refractivity contribution in [2.24, 2.45) is 0 Å². The van der Waals surface area contributed by atoms with E-state index in [1.807, 2.05) is 5.38 Å². The summed E-state index contributed by atoms with van der Waals surface area (Å²) in [5.74, 6) is -0.238. The average Bonchev–Trinajstić information content (AvgIpc) is 3.07. The Labute approximate surface area is 124 Å². The summed E-state index contributed by atoms with van der Waals surface area (Å²) in [6.07, 6.45) is 2.81. The van der Waals surface area contributed by atoms with E-state index in [4.69, 9.17) is 0 Å². The highest BCUT2D eigenvalue weighted by Crippen LogP contribution is 2.23. The van der Waals surface area contributed by atoms with Crippen LogP contribution in [0.15, 0.2) is 5.38 Å². The summed E-state index contributed by atoms with van der Waals surface area (Å²) in [7, 11) is 3.48. The van der Waals surface area contributed by atoms with Crippen molar-refractivity contribution < 1.29 is 9.53 Å². The van der Waals surface area contributed by atoms with E-state index >= 15 is 0 Å². The molecule has 1 aliphatic rings. The number of likely N-dealkylation sites (N-methyl/N-ethyl adjacent to an activating group) is 2. The smallest absolute Gasteiger partial charge is 0.311 e. The number of carbonyl (C=O) groups excluding carboxylic acids is 1. The molecule has 1 fully saturated rings. The number of methoxy groups -OCH3 is 1. The Morgan fingerprint density at radius 2 is 2.45 bits per heavy atom. The normalized spacial score (nSPS) is 19.2. The molecular formula is C14H23N3O2S. The van der Waals surface area contributed by atoms with Crippen LogP contribution in [0.2, 0.25) is 0 Å². The molecule has 2 rings (SSSR count). The molecule has 1 atom stereocenters. The van der Waals surface area contributed by atoms with Crippen LogP contribution in [0.1, 0.15) is 25.5 Å². The number of aromatic nitrogens is 1. The first-order valence-corrected chi connectivity index (χ1v) is 7.98. The highest BCUT2D eigenvalue weighted by Gasteiger charge is 2.24. The zero-order valence-corrected chi connectivity index (χ0v) is 13.3. The molecule has 1 aliphatic heterocycles. The Bertz CT molecular complexity index is 449. The molecule has 0 aromatic carbocycles. The Kier molecular flexibility index (Phi) is 5.37. The molecule has 1 aromatic rings. The number of carbonyl (C=O) groups is 1. The largest absolute Gasteiger partial charge is 0.469 e. The third-order valence-electron chi connectivity index (χ3n) is 3.81. The van der Waals surface area contributed by atoms with Crippen LogP contribution in [0.3, 0.4) is 0 Å². The maximum absolute atomic E-state index is 11.2. The van der Waals surface area contributed by atoms with Gasteiger partial charge in [-0.25, -0.2) is 4.98 Å². The van der Waals surface area contributed by atoms with Crippen molar-refractivity contribution in [3.8, 4) is 0 Å². The second kappa shape index (κ2) is 7.04. The first-order chi connectivity index (χ1) is 9.63. The van der Waals surface area contributed by atoms with Gasteiger partial charge in [-0.3, -0.25) is 9.69 Å². The summed E-state index contributed by atoms with van der Waals surface area (Å²) in [4.78, 5) is 20.5. The summed E-state index contributed by atoms with van der Waals surface area (Å²) in [6, 6.07) is 0.623. The van der Waals surface area contributed by atoms with Crippen molar-refractivity contribution >= 4 is 22.4 Å². The van der Waals surface area contributed by atoms with Gasteiger partial charge in [0.05, 0.1) is 19.2 Å². The predicted molar refractivity (Wildman–Crippen MR) is 81.4 cm³/mol. The van der Waals surface area contributed by atoms with Gasteiger partial charge >= 0.3 is 5.97 Å². The molecule has 0 N–H and O–H groups in total. The third kappa shape index (κ3) is 3.70. The van der Waals surface area contributed by atoms with Crippen molar-refractivity contribution in [2.75, 3.05) is 38.7 Å². The summed E-state index contributed by atoms with van der Waals surface area (Å²) >= 11 is 1.59. The van der Waals surface area contributed by atoms with Gasteiger partial charge in [-0.05, 0) is 25.9 Å². The average molecular weight is 297 g/mol. The first-order valence-electron chi connectivity index (χ1n) is 7.10. The van der Waals surface area contributed by atoms with E-state index in [-0.39, 0.29) is 12.4 Å². The second-order valence-corrected chi connectivity index (χ2v) is 6.02. The lowest BCUT2D eigenvalue weighted by molar-refractivity contribution is -0.139. The fraction of sp³-hybridized carbons (Fsp3) is 0.714. The topological polar surface area (TPSA) is 45.7 Å². The third-order valence-corrected chi connectivity index (χ3v) is 4.81. The van der Waals surface area contributed by atoms with Crippen LogP contribution in [0.5, 0.6) is 0 Å². The number of hydrogen-bond acceptors (Lipinski definition) is 6. The minimum Gasteiger partial charge on any atom is -0.469 e. The van der Waals surface area contributed by atoms with Gasteiger partial charge in [0.2, 0.25) is 0 Å². The Balaban J connectivity index is 1.92. The van der Waals surface area contributed by atoms with Gasteiger partial charge in [0.25, 0.3) is 0 Å². The van der Waals surface area contributed by atoms with Crippen LogP contribution in [0, 0.1) is 0 Å². The zero-order chi connectivity index (χ0) is 14.5. The van der Waals surface area contributed by atoms with E-state index in [9.17, 15) is 4.79 Å². The Hall–Kier alpha value is -1.14. The van der Waals surface area contributed by atoms with Crippen LogP contribution in [-0.2, 0) is 16.0 Å². The maximum atomic E-state index is 11.2. The predicted octanol–water partition coefficient (Wildman–Crippen LogP) is 1.78. The molecule has 5 nitrogen and oxygen atoms in total. The fourth-order valence-electron chi connectivity index (χ4n) is 2.69. The zero-order valence-electron chi connectivity index (χ0n) is 12.5. The monoisotopic (exact) mass is 297 g/mol. The highest BCUT2D eigenvalue weighted by atomic mass is 32.1. The van der Waals surface area contributed by atoms with E-state index in [0.29, 0.717) is 6.04 Å². The number of anilines is 1. The number of thiazole rings is 1. The van der Waals surface area contributed by atoms with Crippen molar-refractivity contribution in [3.63, 3.8) is 0 Å². The molecule has 1 unspecified atom stereocenters. The van der Waals surface area contributed by atoms with E-state index < -0.39 is 0 Å². The minimum atomic E-state index is -0.238. The second-order valence-electron chi connectivity index (χ2n) is 5.18. The van der Waals surface area contributed by atoms with E-state index in [1.165, 1.54) is 26.5 Å². The van der Waals surface area contributed by atoms with Crippen LogP contribution in [-0.4, -0.2) is 55.7 Å². The standard InChI is InChI=1S/C14H23N3O2S/c1-4-17-7-5-6-12(17)9-16(2)14-15-11(10-20-14)8-13(18)19-3/h10,12H,4-9H2,1-3H3. The summed E-state index contributed by atoms with van der Waals surface area (Å²) in [6.45, 7) is 5.54. The molecule has 0 saturated carbocycles. The Morgan fingerprint density at radius 1 is 1.65 bits per heavy atom. The van der Waals surface area contributed by atoms with Crippen LogP contribution in [0.4, 0.5) is 5.13 Å². The van der Waals surface area contributed by atoms with Crippen molar-refractivity contribution in [3.05, 3.63) is 11.1 Å². The summed E-state index contributed by atoms with van der Waals surface area (Å²) in [5, 5.41) is 2.92. The fourth-order valence-corrected chi connectivity index (χ4v) is 3.49. The Morgan fingerprint density at radius 3 is 3.15 bits per heavy atom. The van der Waals surface area contributed by atoms with E-state index in [2.05, 4.69) is 33.5 Å².